The van der Waals surface area contributed by atoms with Gasteiger partial charge in [0.05, 0.1) is 12.4 Å². The van der Waals surface area contributed by atoms with Crippen molar-refractivity contribution < 1.29 is 26.3 Å². The van der Waals surface area contributed by atoms with Crippen molar-refractivity contribution in [2.24, 2.45) is 0 Å². The van der Waals surface area contributed by atoms with Gasteiger partial charge in [0.25, 0.3) is 0 Å². The smallest absolute Gasteiger partial charge is 0.371 e. The summed E-state index contributed by atoms with van der Waals surface area (Å²) in [6, 6.07) is 0. The number of hydrogen-bond donors (Lipinski definition) is 2. The normalized spacial score (nSPS) is 12.9. The van der Waals surface area contributed by atoms with E-state index in [1.54, 1.807) is 7.05 Å². The molecule has 0 aliphatic carbocycles. The van der Waals surface area contributed by atoms with Crippen molar-refractivity contribution in [3.8, 4) is 0 Å². The molecule has 110 valence electrons. The van der Waals surface area contributed by atoms with E-state index < -0.39 is 22.8 Å². The van der Waals surface area contributed by atoms with Gasteiger partial charge in [-0.05, 0) is 26.4 Å². The second-order valence-electron chi connectivity index (χ2n) is 3.69. The van der Waals surface area contributed by atoms with Gasteiger partial charge in [-0.15, -0.1) is 0 Å². The molecule has 0 heterocycles. The molecule has 0 radical (unpaired) electrons. The summed E-state index contributed by atoms with van der Waals surface area (Å²) in [4.78, 5) is 0. The SMILES string of the molecule is CNCCCCS(=O)(=O)NCCOCC(F)(F)F. The van der Waals surface area contributed by atoms with Crippen molar-refractivity contribution in [3.05, 3.63) is 0 Å². The Morgan fingerprint density at radius 2 is 1.83 bits per heavy atom. The predicted octanol–water partition coefficient (Wildman–Crippen LogP) is 0.484. The van der Waals surface area contributed by atoms with Crippen LogP contribution in [-0.4, -0.2) is 53.7 Å². The summed E-state index contributed by atoms with van der Waals surface area (Å²) < 4.78 is 64.2. The number of ether oxygens (including phenoxy) is 1. The van der Waals surface area contributed by atoms with Crippen LogP contribution in [0.15, 0.2) is 0 Å². The van der Waals surface area contributed by atoms with Gasteiger partial charge < -0.3 is 10.1 Å². The Morgan fingerprint density at radius 3 is 2.39 bits per heavy atom. The third-order valence-electron chi connectivity index (χ3n) is 1.92. The summed E-state index contributed by atoms with van der Waals surface area (Å²) >= 11 is 0. The van der Waals surface area contributed by atoms with Crippen molar-refractivity contribution in [2.75, 3.05) is 39.1 Å². The maximum absolute atomic E-state index is 11.7. The summed E-state index contributed by atoms with van der Waals surface area (Å²) in [5.41, 5.74) is 0. The Bertz CT molecular complexity index is 307. The van der Waals surface area contributed by atoms with E-state index in [1.807, 2.05) is 0 Å². The zero-order chi connectivity index (χ0) is 14.1. The van der Waals surface area contributed by atoms with Crippen LogP contribution in [0.25, 0.3) is 0 Å². The standard InChI is InChI=1S/C9H19F3N2O3S/c1-13-4-2-3-7-18(15,16)14-5-6-17-8-9(10,11)12/h13-14H,2-8H2,1H3. The number of rotatable bonds is 10. The summed E-state index contributed by atoms with van der Waals surface area (Å²) in [6.45, 7) is -1.08. The summed E-state index contributed by atoms with van der Waals surface area (Å²) in [5, 5.41) is 2.89. The largest absolute Gasteiger partial charge is 0.411 e. The van der Waals surface area contributed by atoms with E-state index >= 15 is 0 Å². The average Bonchev–Trinajstić information content (AvgIpc) is 2.22. The molecule has 0 aromatic heterocycles. The van der Waals surface area contributed by atoms with E-state index in [4.69, 9.17) is 0 Å². The van der Waals surface area contributed by atoms with Gasteiger partial charge in [-0.25, -0.2) is 13.1 Å². The Morgan fingerprint density at radius 1 is 1.17 bits per heavy atom. The molecule has 0 bridgehead atoms. The number of halogens is 3. The van der Waals surface area contributed by atoms with E-state index in [0.29, 0.717) is 6.42 Å². The van der Waals surface area contributed by atoms with Gasteiger partial charge in [-0.1, -0.05) is 0 Å². The summed E-state index contributed by atoms with van der Waals surface area (Å²) in [6.07, 6.45) is -3.16. The molecule has 5 nitrogen and oxygen atoms in total. The average molecular weight is 292 g/mol. The topological polar surface area (TPSA) is 67.4 Å². The monoisotopic (exact) mass is 292 g/mol. The molecule has 0 fully saturated rings. The van der Waals surface area contributed by atoms with Crippen LogP contribution < -0.4 is 10.0 Å². The lowest BCUT2D eigenvalue weighted by Crippen LogP contribution is -2.31. The highest BCUT2D eigenvalue weighted by atomic mass is 32.2. The van der Waals surface area contributed by atoms with Gasteiger partial charge in [0.2, 0.25) is 10.0 Å². The minimum Gasteiger partial charge on any atom is -0.371 e. The first-order chi connectivity index (χ1) is 8.27. The lowest BCUT2D eigenvalue weighted by Gasteiger charge is -2.09. The van der Waals surface area contributed by atoms with Crippen molar-refractivity contribution in [1.82, 2.24) is 10.0 Å². The van der Waals surface area contributed by atoms with E-state index in [0.717, 1.165) is 13.0 Å². The molecular formula is C9H19F3N2O3S. The van der Waals surface area contributed by atoms with E-state index in [1.165, 1.54) is 0 Å². The van der Waals surface area contributed by atoms with Crippen molar-refractivity contribution >= 4 is 10.0 Å². The lowest BCUT2D eigenvalue weighted by atomic mass is 10.3. The third-order valence-corrected chi connectivity index (χ3v) is 3.39. The number of alkyl halides is 3. The van der Waals surface area contributed by atoms with E-state index in [9.17, 15) is 21.6 Å². The highest BCUT2D eigenvalue weighted by Gasteiger charge is 2.27. The molecule has 18 heavy (non-hydrogen) atoms. The van der Waals surface area contributed by atoms with Gasteiger partial charge in [-0.3, -0.25) is 0 Å². The molecule has 0 aromatic rings. The minimum absolute atomic E-state index is 0.0338. The number of unbranched alkanes of at least 4 members (excludes halogenated alkanes) is 1. The van der Waals surface area contributed by atoms with Gasteiger partial charge in [0.15, 0.2) is 0 Å². The first kappa shape index (κ1) is 17.6. The number of hydrogen-bond acceptors (Lipinski definition) is 4. The van der Waals surface area contributed by atoms with Crippen molar-refractivity contribution in [3.63, 3.8) is 0 Å². The highest BCUT2D eigenvalue weighted by Crippen LogP contribution is 2.13. The van der Waals surface area contributed by atoms with Crippen molar-refractivity contribution in [2.45, 2.75) is 19.0 Å². The van der Waals surface area contributed by atoms with E-state index in [-0.39, 0.29) is 18.9 Å². The fourth-order valence-corrected chi connectivity index (χ4v) is 2.25. The second-order valence-corrected chi connectivity index (χ2v) is 5.62. The maximum Gasteiger partial charge on any atom is 0.411 e. The quantitative estimate of drug-likeness (QED) is 0.575. The Labute approximate surface area is 105 Å². The molecule has 0 aromatic carbocycles. The Hall–Kier alpha value is -0.380. The summed E-state index contributed by atoms with van der Waals surface area (Å²) in [5.74, 6) is -0.0338. The van der Waals surface area contributed by atoms with Gasteiger partial charge in [0.1, 0.15) is 6.61 Å². The van der Waals surface area contributed by atoms with Crippen LogP contribution >= 0.6 is 0 Å². The van der Waals surface area contributed by atoms with Crippen LogP contribution in [0.2, 0.25) is 0 Å². The van der Waals surface area contributed by atoms with Gasteiger partial charge in [0, 0.05) is 6.54 Å². The maximum atomic E-state index is 11.7. The van der Waals surface area contributed by atoms with Gasteiger partial charge >= 0.3 is 6.18 Å². The van der Waals surface area contributed by atoms with Crippen LogP contribution in [0.1, 0.15) is 12.8 Å². The van der Waals surface area contributed by atoms with Crippen LogP contribution in [0.3, 0.4) is 0 Å². The van der Waals surface area contributed by atoms with Crippen LogP contribution in [0.4, 0.5) is 13.2 Å². The second kappa shape index (κ2) is 8.68. The molecule has 0 aliphatic rings. The molecule has 0 saturated heterocycles. The first-order valence-corrected chi connectivity index (χ1v) is 7.18. The lowest BCUT2D eigenvalue weighted by molar-refractivity contribution is -0.173. The number of sulfonamides is 1. The predicted molar refractivity (Wildman–Crippen MR) is 61.8 cm³/mol. The Kier molecular flexibility index (Phi) is 8.49. The minimum atomic E-state index is -4.38. The molecule has 0 saturated carbocycles. The molecule has 2 N–H and O–H groups in total. The summed E-state index contributed by atoms with van der Waals surface area (Å²) in [7, 11) is -1.65. The molecule has 0 unspecified atom stereocenters. The van der Waals surface area contributed by atoms with E-state index in [2.05, 4.69) is 14.8 Å². The van der Waals surface area contributed by atoms with Crippen LogP contribution in [0.5, 0.6) is 0 Å². The van der Waals surface area contributed by atoms with Crippen LogP contribution in [-0.2, 0) is 14.8 Å². The number of nitrogens with one attached hydrogen (secondary N) is 2. The molecule has 9 heteroatoms. The highest BCUT2D eigenvalue weighted by molar-refractivity contribution is 7.89. The molecule has 0 rings (SSSR count). The fourth-order valence-electron chi connectivity index (χ4n) is 1.12. The molecular weight excluding hydrogens is 273 g/mol. The molecule has 0 atom stereocenters. The fraction of sp³-hybridized carbons (Fsp3) is 1.00. The molecule has 0 spiro atoms. The zero-order valence-corrected chi connectivity index (χ0v) is 11.0. The van der Waals surface area contributed by atoms with Crippen LogP contribution in [0, 0.1) is 0 Å². The first-order valence-electron chi connectivity index (χ1n) is 5.53. The van der Waals surface area contributed by atoms with Crippen molar-refractivity contribution in [1.29, 1.82) is 0 Å². The Balaban J connectivity index is 3.59. The molecule has 0 amide bonds. The zero-order valence-electron chi connectivity index (χ0n) is 10.2. The third kappa shape index (κ3) is 12.1. The molecule has 0 aliphatic heterocycles. The van der Waals surface area contributed by atoms with Gasteiger partial charge in [-0.2, -0.15) is 13.2 Å².